The quantitative estimate of drug-likeness (QED) is 0.903. The maximum Gasteiger partial charge on any atom is 0.402 e. The van der Waals surface area contributed by atoms with Crippen molar-refractivity contribution < 1.29 is 21.6 Å². The zero-order valence-electron chi connectivity index (χ0n) is 9.85. The fraction of sp³-hybridized carbons (Fsp3) is 0.600. The zero-order chi connectivity index (χ0) is 14.3. The minimum atomic E-state index is -4.55. The Morgan fingerprint density at radius 2 is 2.05 bits per heavy atom. The van der Waals surface area contributed by atoms with E-state index in [1.807, 2.05) is 0 Å². The first-order chi connectivity index (χ1) is 8.75. The molecule has 19 heavy (non-hydrogen) atoms. The summed E-state index contributed by atoms with van der Waals surface area (Å²) < 4.78 is 62.7. The van der Waals surface area contributed by atoms with Crippen molar-refractivity contribution in [1.82, 2.24) is 4.31 Å². The monoisotopic (exact) mass is 314 g/mol. The van der Waals surface area contributed by atoms with Crippen molar-refractivity contribution in [3.05, 3.63) is 16.3 Å². The van der Waals surface area contributed by atoms with Crippen LogP contribution in [0.2, 0.25) is 0 Å². The molecule has 1 aromatic rings. The van der Waals surface area contributed by atoms with Gasteiger partial charge in [-0.1, -0.05) is 0 Å². The van der Waals surface area contributed by atoms with Gasteiger partial charge in [0.25, 0.3) is 0 Å². The predicted molar refractivity (Wildman–Crippen MR) is 65.2 cm³/mol. The Morgan fingerprint density at radius 3 is 2.53 bits per heavy atom. The van der Waals surface area contributed by atoms with E-state index in [2.05, 4.69) is 0 Å². The van der Waals surface area contributed by atoms with E-state index in [4.69, 9.17) is 5.73 Å². The Balaban J connectivity index is 2.35. The van der Waals surface area contributed by atoms with Crippen molar-refractivity contribution >= 4 is 21.4 Å². The Labute approximate surface area is 113 Å². The standard InChI is InChI=1S/C10H13F3N2O2S2/c11-10(12,13)6-15(7-1-2-7)19(16,17)9-3-4-18-8(9)5-14/h3-4,7H,1-2,5-6,14H2. The summed E-state index contributed by atoms with van der Waals surface area (Å²) in [6, 6.07) is 0.769. The summed E-state index contributed by atoms with van der Waals surface area (Å²) in [5.74, 6) is 0. The highest BCUT2D eigenvalue weighted by Crippen LogP contribution is 2.36. The van der Waals surface area contributed by atoms with Crippen LogP contribution in [0.15, 0.2) is 16.3 Å². The van der Waals surface area contributed by atoms with Crippen LogP contribution >= 0.6 is 11.3 Å². The number of halogens is 3. The van der Waals surface area contributed by atoms with Gasteiger partial charge >= 0.3 is 6.18 Å². The fourth-order valence-electron chi connectivity index (χ4n) is 1.78. The highest BCUT2D eigenvalue weighted by molar-refractivity contribution is 7.89. The smallest absolute Gasteiger partial charge is 0.326 e. The third-order valence-corrected chi connectivity index (χ3v) is 5.82. The molecule has 2 N–H and O–H groups in total. The molecule has 9 heteroatoms. The second-order valence-electron chi connectivity index (χ2n) is 4.31. The van der Waals surface area contributed by atoms with Gasteiger partial charge in [0.1, 0.15) is 6.54 Å². The maximum atomic E-state index is 12.5. The molecule has 0 spiro atoms. The van der Waals surface area contributed by atoms with Crippen LogP contribution in [0.1, 0.15) is 17.7 Å². The van der Waals surface area contributed by atoms with Crippen LogP contribution < -0.4 is 5.73 Å². The lowest BCUT2D eigenvalue weighted by Crippen LogP contribution is -2.40. The number of rotatable bonds is 5. The van der Waals surface area contributed by atoms with Crippen LogP contribution in [0.25, 0.3) is 0 Å². The molecule has 1 aliphatic rings. The van der Waals surface area contributed by atoms with Gasteiger partial charge < -0.3 is 5.73 Å². The maximum absolute atomic E-state index is 12.5. The number of thiophene rings is 1. The molecule has 1 heterocycles. The summed E-state index contributed by atoms with van der Waals surface area (Å²) in [4.78, 5) is 0.281. The van der Waals surface area contributed by atoms with Crippen LogP contribution in [0, 0.1) is 0 Å². The van der Waals surface area contributed by atoms with E-state index in [9.17, 15) is 21.6 Å². The number of hydrogen-bond donors (Lipinski definition) is 1. The highest BCUT2D eigenvalue weighted by Gasteiger charge is 2.45. The number of hydrogen-bond acceptors (Lipinski definition) is 4. The Bertz CT molecular complexity index is 549. The van der Waals surface area contributed by atoms with E-state index in [-0.39, 0.29) is 11.4 Å². The molecule has 0 atom stereocenters. The van der Waals surface area contributed by atoms with Crippen LogP contribution in [0.5, 0.6) is 0 Å². The topological polar surface area (TPSA) is 63.4 Å². The molecule has 0 aromatic carbocycles. The molecule has 0 aliphatic heterocycles. The third-order valence-electron chi connectivity index (χ3n) is 2.77. The minimum absolute atomic E-state index is 0.00322. The summed E-state index contributed by atoms with van der Waals surface area (Å²) in [5, 5.41) is 1.52. The van der Waals surface area contributed by atoms with Gasteiger partial charge in [0, 0.05) is 17.5 Å². The van der Waals surface area contributed by atoms with Crippen molar-refractivity contribution in [3.63, 3.8) is 0 Å². The number of alkyl halides is 3. The molecule has 0 saturated heterocycles. The van der Waals surface area contributed by atoms with Crippen molar-refractivity contribution in [3.8, 4) is 0 Å². The molecule has 108 valence electrons. The SMILES string of the molecule is NCc1sccc1S(=O)(=O)N(CC(F)(F)F)C1CC1. The Kier molecular flexibility index (Phi) is 3.92. The molecule has 2 rings (SSSR count). The summed E-state index contributed by atoms with van der Waals surface area (Å²) in [6.45, 7) is -1.45. The van der Waals surface area contributed by atoms with Crippen LogP contribution in [0.4, 0.5) is 13.2 Å². The molecule has 0 radical (unpaired) electrons. The van der Waals surface area contributed by atoms with E-state index >= 15 is 0 Å². The second kappa shape index (κ2) is 5.04. The second-order valence-corrected chi connectivity index (χ2v) is 7.17. The summed E-state index contributed by atoms with van der Waals surface area (Å²) in [6.07, 6.45) is -3.61. The van der Waals surface area contributed by atoms with Crippen molar-refractivity contribution in [2.75, 3.05) is 6.54 Å². The summed E-state index contributed by atoms with van der Waals surface area (Å²) in [7, 11) is -4.13. The lowest BCUT2D eigenvalue weighted by Gasteiger charge is -2.23. The van der Waals surface area contributed by atoms with E-state index in [0.29, 0.717) is 22.0 Å². The largest absolute Gasteiger partial charge is 0.402 e. The molecule has 0 amide bonds. The molecule has 1 aliphatic carbocycles. The first-order valence-electron chi connectivity index (χ1n) is 5.61. The molecule has 1 aromatic heterocycles. The summed E-state index contributed by atoms with van der Waals surface area (Å²) in [5.41, 5.74) is 5.42. The molecule has 1 saturated carbocycles. The molecule has 0 unspecified atom stereocenters. The fourth-order valence-corrected chi connectivity index (χ4v) is 4.76. The number of nitrogens with two attached hydrogens (primary N) is 1. The van der Waals surface area contributed by atoms with Gasteiger partial charge in [0.05, 0.1) is 4.90 Å². The lowest BCUT2D eigenvalue weighted by atomic mass is 10.5. The van der Waals surface area contributed by atoms with E-state index in [1.165, 1.54) is 11.4 Å². The molecule has 0 bridgehead atoms. The number of sulfonamides is 1. The van der Waals surface area contributed by atoms with Gasteiger partial charge in [-0.25, -0.2) is 8.42 Å². The normalized spacial score (nSPS) is 17.1. The highest BCUT2D eigenvalue weighted by atomic mass is 32.2. The zero-order valence-corrected chi connectivity index (χ0v) is 11.5. The third kappa shape index (κ3) is 3.28. The minimum Gasteiger partial charge on any atom is -0.326 e. The predicted octanol–water partition coefficient (Wildman–Crippen LogP) is 1.92. The number of nitrogens with zero attached hydrogens (tertiary/aromatic N) is 1. The van der Waals surface area contributed by atoms with Gasteiger partial charge in [-0.15, -0.1) is 11.3 Å². The first kappa shape index (κ1) is 14.8. The molecule has 1 fully saturated rings. The van der Waals surface area contributed by atoms with E-state index in [1.54, 1.807) is 0 Å². The molecular formula is C10H13F3N2O2S2. The van der Waals surface area contributed by atoms with Gasteiger partial charge in [-0.3, -0.25) is 0 Å². The Morgan fingerprint density at radius 1 is 1.42 bits per heavy atom. The summed E-state index contributed by atoms with van der Waals surface area (Å²) >= 11 is 1.13. The van der Waals surface area contributed by atoms with Crippen molar-refractivity contribution in [2.45, 2.75) is 36.5 Å². The van der Waals surface area contributed by atoms with Crippen LogP contribution in [-0.4, -0.2) is 31.5 Å². The van der Waals surface area contributed by atoms with Crippen molar-refractivity contribution in [2.24, 2.45) is 5.73 Å². The average Bonchev–Trinajstić information content (AvgIpc) is 3.00. The van der Waals surface area contributed by atoms with Gasteiger partial charge in [0.2, 0.25) is 10.0 Å². The first-order valence-corrected chi connectivity index (χ1v) is 7.92. The van der Waals surface area contributed by atoms with Crippen molar-refractivity contribution in [1.29, 1.82) is 0 Å². The average molecular weight is 314 g/mol. The van der Waals surface area contributed by atoms with E-state index in [0.717, 1.165) is 11.3 Å². The molecular weight excluding hydrogens is 301 g/mol. The van der Waals surface area contributed by atoms with E-state index < -0.39 is 28.8 Å². The van der Waals surface area contributed by atoms with Gasteiger partial charge in [0.15, 0.2) is 0 Å². The van der Waals surface area contributed by atoms with Crippen LogP contribution in [0.3, 0.4) is 0 Å². The van der Waals surface area contributed by atoms with Crippen LogP contribution in [-0.2, 0) is 16.6 Å². The van der Waals surface area contributed by atoms with Gasteiger partial charge in [-0.2, -0.15) is 17.5 Å². The van der Waals surface area contributed by atoms with Gasteiger partial charge in [-0.05, 0) is 24.3 Å². The lowest BCUT2D eigenvalue weighted by molar-refractivity contribution is -0.137. The molecule has 4 nitrogen and oxygen atoms in total. The Hall–Kier alpha value is -0.640.